The van der Waals surface area contributed by atoms with Crippen LogP contribution in [0.1, 0.15) is 45.2 Å². The lowest BCUT2D eigenvalue weighted by atomic mass is 9.99. The van der Waals surface area contributed by atoms with Crippen LogP contribution in [0.2, 0.25) is 0 Å². The van der Waals surface area contributed by atoms with Crippen molar-refractivity contribution in [3.63, 3.8) is 0 Å². The smallest absolute Gasteiger partial charge is 0.226 e. The van der Waals surface area contributed by atoms with Gasteiger partial charge in [0.15, 0.2) is 10.8 Å². The number of hydrogen-bond donors (Lipinski definition) is 1. The highest BCUT2D eigenvalue weighted by atomic mass is 32.1. The second kappa shape index (κ2) is 9.35. The van der Waals surface area contributed by atoms with Crippen molar-refractivity contribution in [2.75, 3.05) is 6.54 Å². The first kappa shape index (κ1) is 17.5. The third-order valence-corrected chi connectivity index (χ3v) is 4.67. The number of aromatic nitrogens is 3. The summed E-state index contributed by atoms with van der Waals surface area (Å²) in [5, 5.41) is 5.69. The van der Waals surface area contributed by atoms with Gasteiger partial charge in [-0.1, -0.05) is 33.1 Å². The van der Waals surface area contributed by atoms with Crippen molar-refractivity contribution in [2.24, 2.45) is 5.92 Å². The van der Waals surface area contributed by atoms with Crippen molar-refractivity contribution in [2.45, 2.75) is 46.0 Å². The Kier molecular flexibility index (Phi) is 7.13. The Hall–Kier alpha value is -1.82. The first-order chi connectivity index (χ1) is 11.2. The van der Waals surface area contributed by atoms with Gasteiger partial charge in [-0.15, -0.1) is 11.3 Å². The summed E-state index contributed by atoms with van der Waals surface area (Å²) in [6.07, 6.45) is 8.41. The summed E-state index contributed by atoms with van der Waals surface area (Å²) >= 11 is 1.47. The molecule has 1 atom stereocenters. The van der Waals surface area contributed by atoms with E-state index in [9.17, 15) is 4.79 Å². The number of rotatable bonds is 9. The summed E-state index contributed by atoms with van der Waals surface area (Å²) in [7, 11) is 0. The summed E-state index contributed by atoms with van der Waals surface area (Å²) in [4.78, 5) is 24.9. The summed E-state index contributed by atoms with van der Waals surface area (Å²) in [6, 6.07) is 1.77. The quantitative estimate of drug-likeness (QED) is 0.763. The molecule has 0 radical (unpaired) electrons. The molecule has 5 nitrogen and oxygen atoms in total. The molecule has 0 aliphatic heterocycles. The minimum absolute atomic E-state index is 0.0331. The standard InChI is InChI=1S/C17H24N4OS/c1-3-5-7-13(4-2)11-20-15(22)10-14-12-23-17(21-14)16-18-8-6-9-19-16/h6,8-9,12-13H,3-5,7,10-11H2,1-2H3,(H,20,22). The molecule has 2 aromatic heterocycles. The minimum atomic E-state index is 0.0331. The third-order valence-electron chi connectivity index (χ3n) is 3.78. The molecule has 6 heteroatoms. The molecular weight excluding hydrogens is 308 g/mol. The second-order valence-corrected chi connectivity index (χ2v) is 6.47. The van der Waals surface area contributed by atoms with Crippen molar-refractivity contribution in [3.05, 3.63) is 29.5 Å². The molecule has 2 heterocycles. The van der Waals surface area contributed by atoms with E-state index in [2.05, 4.69) is 34.1 Å². The van der Waals surface area contributed by atoms with Crippen molar-refractivity contribution in [3.8, 4) is 10.8 Å². The number of unbranched alkanes of at least 4 members (excludes halogenated alkanes) is 1. The fourth-order valence-electron chi connectivity index (χ4n) is 2.33. The minimum Gasteiger partial charge on any atom is -0.355 e. The van der Waals surface area contributed by atoms with Gasteiger partial charge in [-0.25, -0.2) is 15.0 Å². The van der Waals surface area contributed by atoms with E-state index in [1.807, 2.05) is 5.38 Å². The Bertz CT molecular complexity index is 600. The van der Waals surface area contributed by atoms with Gasteiger partial charge in [0, 0.05) is 24.3 Å². The van der Waals surface area contributed by atoms with E-state index in [0.717, 1.165) is 23.7 Å². The van der Waals surface area contributed by atoms with E-state index < -0.39 is 0 Å². The molecule has 2 aromatic rings. The largest absolute Gasteiger partial charge is 0.355 e. The van der Waals surface area contributed by atoms with Crippen LogP contribution in [0.5, 0.6) is 0 Å². The van der Waals surface area contributed by atoms with Crippen molar-refractivity contribution in [1.29, 1.82) is 0 Å². The van der Waals surface area contributed by atoms with Crippen LogP contribution < -0.4 is 5.32 Å². The van der Waals surface area contributed by atoms with Gasteiger partial charge in [-0.05, 0) is 18.4 Å². The molecule has 0 fully saturated rings. The fourth-order valence-corrected chi connectivity index (χ4v) is 3.09. The maximum Gasteiger partial charge on any atom is 0.226 e. The molecule has 124 valence electrons. The number of carbonyl (C=O) groups is 1. The number of hydrogen-bond acceptors (Lipinski definition) is 5. The predicted molar refractivity (Wildman–Crippen MR) is 93.2 cm³/mol. The molecule has 1 unspecified atom stereocenters. The van der Waals surface area contributed by atoms with E-state index in [1.165, 1.54) is 30.6 Å². The first-order valence-corrected chi connectivity index (χ1v) is 9.09. The first-order valence-electron chi connectivity index (χ1n) is 8.21. The van der Waals surface area contributed by atoms with Gasteiger partial charge in [-0.3, -0.25) is 4.79 Å². The van der Waals surface area contributed by atoms with E-state index in [-0.39, 0.29) is 5.91 Å². The van der Waals surface area contributed by atoms with Crippen LogP contribution in [0.15, 0.2) is 23.8 Å². The van der Waals surface area contributed by atoms with Crippen LogP contribution in [-0.2, 0) is 11.2 Å². The SMILES string of the molecule is CCCCC(CC)CNC(=O)Cc1csc(-c2ncccn2)n1. The monoisotopic (exact) mass is 332 g/mol. The molecule has 2 rings (SSSR count). The van der Waals surface area contributed by atoms with Gasteiger partial charge < -0.3 is 5.32 Å². The average molecular weight is 332 g/mol. The Morgan fingerprint density at radius 1 is 1.30 bits per heavy atom. The molecule has 23 heavy (non-hydrogen) atoms. The van der Waals surface area contributed by atoms with E-state index in [4.69, 9.17) is 0 Å². The molecule has 0 aromatic carbocycles. The zero-order chi connectivity index (χ0) is 16.5. The van der Waals surface area contributed by atoms with Crippen LogP contribution in [0.25, 0.3) is 10.8 Å². The Labute approximate surface area is 141 Å². The van der Waals surface area contributed by atoms with Crippen LogP contribution in [0.4, 0.5) is 0 Å². The maximum atomic E-state index is 12.1. The highest BCUT2D eigenvalue weighted by molar-refractivity contribution is 7.13. The van der Waals surface area contributed by atoms with E-state index in [0.29, 0.717) is 18.2 Å². The Morgan fingerprint density at radius 2 is 2.09 bits per heavy atom. The molecule has 1 N–H and O–H groups in total. The molecule has 1 amide bonds. The van der Waals surface area contributed by atoms with E-state index >= 15 is 0 Å². The van der Waals surface area contributed by atoms with Gasteiger partial charge in [0.05, 0.1) is 12.1 Å². The van der Waals surface area contributed by atoms with Gasteiger partial charge in [0.2, 0.25) is 5.91 Å². The topological polar surface area (TPSA) is 67.8 Å². The highest BCUT2D eigenvalue weighted by Gasteiger charge is 2.12. The molecule has 0 aliphatic rings. The molecule has 0 saturated heterocycles. The molecule has 0 aliphatic carbocycles. The van der Waals surface area contributed by atoms with Gasteiger partial charge >= 0.3 is 0 Å². The number of nitrogens with zero attached hydrogens (tertiary/aromatic N) is 3. The lowest BCUT2D eigenvalue weighted by Crippen LogP contribution is -2.30. The summed E-state index contributed by atoms with van der Waals surface area (Å²) in [6.45, 7) is 5.13. The lowest BCUT2D eigenvalue weighted by molar-refractivity contribution is -0.120. The Morgan fingerprint density at radius 3 is 2.78 bits per heavy atom. The van der Waals surface area contributed by atoms with Gasteiger partial charge in [0.1, 0.15) is 0 Å². The van der Waals surface area contributed by atoms with Crippen LogP contribution in [0.3, 0.4) is 0 Å². The summed E-state index contributed by atoms with van der Waals surface area (Å²) in [5.74, 6) is 1.21. The Balaban J connectivity index is 1.83. The zero-order valence-electron chi connectivity index (χ0n) is 13.8. The number of nitrogens with one attached hydrogen (secondary N) is 1. The van der Waals surface area contributed by atoms with Crippen LogP contribution in [0, 0.1) is 5.92 Å². The second-order valence-electron chi connectivity index (χ2n) is 5.61. The normalized spacial score (nSPS) is 12.1. The van der Waals surface area contributed by atoms with Gasteiger partial charge in [-0.2, -0.15) is 0 Å². The number of thiazole rings is 1. The number of amides is 1. The highest BCUT2D eigenvalue weighted by Crippen LogP contribution is 2.19. The van der Waals surface area contributed by atoms with Crippen LogP contribution >= 0.6 is 11.3 Å². The van der Waals surface area contributed by atoms with E-state index in [1.54, 1.807) is 18.5 Å². The van der Waals surface area contributed by atoms with Crippen molar-refractivity contribution in [1.82, 2.24) is 20.3 Å². The molecule has 0 spiro atoms. The third kappa shape index (κ3) is 5.71. The summed E-state index contributed by atoms with van der Waals surface area (Å²) < 4.78 is 0. The van der Waals surface area contributed by atoms with Crippen LogP contribution in [-0.4, -0.2) is 27.4 Å². The van der Waals surface area contributed by atoms with Gasteiger partial charge in [0.25, 0.3) is 0 Å². The molecule has 0 bridgehead atoms. The van der Waals surface area contributed by atoms with Crippen molar-refractivity contribution < 1.29 is 4.79 Å². The lowest BCUT2D eigenvalue weighted by Gasteiger charge is -2.14. The fraction of sp³-hybridized carbons (Fsp3) is 0.529. The maximum absolute atomic E-state index is 12.1. The predicted octanol–water partition coefficient (Wildman–Crippen LogP) is 3.48. The van der Waals surface area contributed by atoms with Crippen molar-refractivity contribution >= 4 is 17.2 Å². The zero-order valence-corrected chi connectivity index (χ0v) is 14.6. The number of carbonyl (C=O) groups excluding carboxylic acids is 1. The molecular formula is C17H24N4OS. The molecule has 0 saturated carbocycles. The summed E-state index contributed by atoms with van der Waals surface area (Å²) in [5.41, 5.74) is 0.775. The average Bonchev–Trinajstić information content (AvgIpc) is 3.04.